The Kier molecular flexibility index (Phi) is 4.76. The number of hydrogen-bond acceptors (Lipinski definition) is 1. The number of hydrogen-bond donors (Lipinski definition) is 0. The van der Waals surface area contributed by atoms with E-state index in [-0.39, 0.29) is 0 Å². The Hall–Kier alpha value is 0.310. The fourth-order valence-corrected chi connectivity index (χ4v) is 4.84. The zero-order chi connectivity index (χ0) is 12.5. The molecule has 1 nitrogen and oxygen atoms in total. The van der Waals surface area contributed by atoms with Gasteiger partial charge in [-0.1, -0.05) is 34.6 Å². The van der Waals surface area contributed by atoms with Crippen LogP contribution in [0.4, 0.5) is 0 Å². The lowest BCUT2D eigenvalue weighted by atomic mass is 9.77. The van der Waals surface area contributed by atoms with Crippen molar-refractivity contribution in [2.75, 3.05) is 32.4 Å². The molecular weight excluding hydrogens is 202 g/mol. The fraction of sp³-hybridized carbons (Fsp3) is 1.00. The van der Waals surface area contributed by atoms with Gasteiger partial charge in [-0.2, -0.15) is 10.2 Å². The first-order valence-electron chi connectivity index (χ1n) is 5.74. The van der Waals surface area contributed by atoms with Crippen LogP contribution < -0.4 is 0 Å². The monoisotopic (exact) mass is 233 g/mol. The average molecular weight is 233 g/mol. The van der Waals surface area contributed by atoms with Crippen molar-refractivity contribution in [2.24, 2.45) is 10.8 Å². The molecule has 0 aromatic heterocycles. The van der Waals surface area contributed by atoms with Crippen LogP contribution in [0.3, 0.4) is 0 Å². The molecule has 0 saturated carbocycles. The van der Waals surface area contributed by atoms with Crippen molar-refractivity contribution in [2.45, 2.75) is 41.0 Å². The Morgan fingerprint density at radius 3 is 1.60 bits per heavy atom. The quantitative estimate of drug-likeness (QED) is 0.710. The minimum absolute atomic E-state index is 0.436. The van der Waals surface area contributed by atoms with Gasteiger partial charge in [-0.05, 0) is 49.6 Å². The molecular formula is C13H31NS. The second-order valence-corrected chi connectivity index (χ2v) is 11.3. The molecule has 0 radical (unpaired) electrons. The molecule has 0 spiro atoms. The molecule has 0 N–H and O–H groups in total. The first-order chi connectivity index (χ1) is 6.36. The van der Waals surface area contributed by atoms with Gasteiger partial charge in [-0.25, -0.2) is 0 Å². The molecule has 0 aromatic rings. The summed E-state index contributed by atoms with van der Waals surface area (Å²) in [4.78, 5) is 0. The van der Waals surface area contributed by atoms with Crippen molar-refractivity contribution in [1.82, 2.24) is 4.31 Å². The highest BCUT2D eigenvalue weighted by molar-refractivity contribution is 8.30. The maximum Gasteiger partial charge on any atom is -0.00439 e. The molecule has 0 bridgehead atoms. The molecule has 0 fully saturated rings. The van der Waals surface area contributed by atoms with Crippen LogP contribution in [-0.2, 0) is 0 Å². The number of nitrogens with zero attached hydrogens (tertiary/aromatic N) is 1. The second-order valence-electron chi connectivity index (χ2n) is 7.34. The van der Waals surface area contributed by atoms with E-state index in [1.165, 1.54) is 12.2 Å². The normalized spacial score (nSPS) is 15.9. The Balaban J connectivity index is 4.51. The Morgan fingerprint density at radius 2 is 1.33 bits per heavy atom. The summed E-state index contributed by atoms with van der Waals surface area (Å²) in [6.45, 7) is 11.8. The van der Waals surface area contributed by atoms with E-state index in [1.54, 1.807) is 0 Å². The minimum Gasteiger partial charge on any atom is -0.274 e. The largest absolute Gasteiger partial charge is 0.274 e. The van der Waals surface area contributed by atoms with Crippen molar-refractivity contribution < 1.29 is 0 Å². The maximum atomic E-state index is 2.41. The predicted octanol–water partition coefficient (Wildman–Crippen LogP) is 3.99. The van der Waals surface area contributed by atoms with Crippen LogP contribution in [0.5, 0.6) is 0 Å². The van der Waals surface area contributed by atoms with E-state index >= 15 is 0 Å². The van der Waals surface area contributed by atoms with Crippen LogP contribution in [0.2, 0.25) is 0 Å². The fourth-order valence-electron chi connectivity index (χ4n) is 2.57. The van der Waals surface area contributed by atoms with Crippen molar-refractivity contribution in [3.8, 4) is 0 Å². The Labute approximate surface area is 99.1 Å². The SMILES string of the molecule is CN(C)S(C)(C)CC(C)(C)CC(C)(C)C. The molecule has 2 heteroatoms. The van der Waals surface area contributed by atoms with Crippen LogP contribution >= 0.6 is 10.2 Å². The standard InChI is InChI=1S/C13H31NS/c1-12(2,3)10-13(4,5)11-15(8,9)14(6)7/h10-11H2,1-9H3. The van der Waals surface area contributed by atoms with Gasteiger partial charge in [0.25, 0.3) is 0 Å². The van der Waals surface area contributed by atoms with Crippen molar-refractivity contribution >= 4 is 10.2 Å². The van der Waals surface area contributed by atoms with E-state index < -0.39 is 10.2 Å². The molecule has 0 aliphatic carbocycles. The zero-order valence-corrected chi connectivity index (χ0v) is 13.1. The van der Waals surface area contributed by atoms with Crippen molar-refractivity contribution in [3.63, 3.8) is 0 Å². The van der Waals surface area contributed by atoms with Gasteiger partial charge in [-0.15, -0.1) is 0 Å². The lowest BCUT2D eigenvalue weighted by molar-refractivity contribution is 0.236. The summed E-state index contributed by atoms with van der Waals surface area (Å²) in [6, 6.07) is 0. The summed E-state index contributed by atoms with van der Waals surface area (Å²) in [7, 11) is 3.83. The predicted molar refractivity (Wildman–Crippen MR) is 75.8 cm³/mol. The molecule has 15 heavy (non-hydrogen) atoms. The van der Waals surface area contributed by atoms with E-state index in [1.807, 2.05) is 0 Å². The first kappa shape index (κ1) is 15.3. The molecule has 0 saturated heterocycles. The van der Waals surface area contributed by atoms with Gasteiger partial charge in [0.05, 0.1) is 0 Å². The van der Waals surface area contributed by atoms with Crippen molar-refractivity contribution in [1.29, 1.82) is 0 Å². The van der Waals surface area contributed by atoms with E-state index in [2.05, 4.69) is 65.5 Å². The summed E-state index contributed by atoms with van der Waals surface area (Å²) in [5.41, 5.74) is 0.882. The summed E-state index contributed by atoms with van der Waals surface area (Å²) >= 11 is 0. The van der Waals surface area contributed by atoms with Gasteiger partial charge in [0.1, 0.15) is 0 Å². The third-order valence-corrected chi connectivity index (χ3v) is 6.21. The molecule has 0 aromatic carbocycles. The van der Waals surface area contributed by atoms with Crippen LogP contribution in [0.25, 0.3) is 0 Å². The smallest absolute Gasteiger partial charge is 0.00439 e. The Morgan fingerprint density at radius 1 is 0.933 bits per heavy atom. The molecule has 0 unspecified atom stereocenters. The van der Waals surface area contributed by atoms with Gasteiger partial charge < -0.3 is 0 Å². The molecule has 0 aliphatic heterocycles. The minimum atomic E-state index is -0.595. The van der Waals surface area contributed by atoms with E-state index in [4.69, 9.17) is 0 Å². The molecule has 0 amide bonds. The third kappa shape index (κ3) is 6.47. The van der Waals surface area contributed by atoms with Crippen LogP contribution in [0.15, 0.2) is 0 Å². The van der Waals surface area contributed by atoms with E-state index in [9.17, 15) is 0 Å². The summed E-state index contributed by atoms with van der Waals surface area (Å²) in [5.74, 6) is 1.32. The molecule has 0 rings (SSSR count). The third-order valence-electron chi connectivity index (χ3n) is 2.74. The average Bonchev–Trinajstić information content (AvgIpc) is 1.75. The van der Waals surface area contributed by atoms with Gasteiger partial charge >= 0.3 is 0 Å². The Bertz CT molecular complexity index is 199. The molecule has 0 aliphatic rings. The lowest BCUT2D eigenvalue weighted by Gasteiger charge is -2.46. The van der Waals surface area contributed by atoms with Gasteiger partial charge in [0.15, 0.2) is 0 Å². The van der Waals surface area contributed by atoms with Crippen molar-refractivity contribution in [3.05, 3.63) is 0 Å². The van der Waals surface area contributed by atoms with Gasteiger partial charge in [-0.3, -0.25) is 4.31 Å². The van der Waals surface area contributed by atoms with Crippen LogP contribution in [0.1, 0.15) is 41.0 Å². The number of rotatable bonds is 4. The van der Waals surface area contributed by atoms with Gasteiger partial charge in [0.2, 0.25) is 0 Å². The molecule has 0 atom stereocenters. The van der Waals surface area contributed by atoms with E-state index in [0.717, 1.165) is 0 Å². The lowest BCUT2D eigenvalue weighted by Crippen LogP contribution is -2.31. The second kappa shape index (κ2) is 4.67. The maximum absolute atomic E-state index is 2.41. The van der Waals surface area contributed by atoms with Gasteiger partial charge in [0, 0.05) is 0 Å². The van der Waals surface area contributed by atoms with Crippen LogP contribution in [0, 0.1) is 10.8 Å². The highest BCUT2D eigenvalue weighted by Gasteiger charge is 2.30. The first-order valence-corrected chi connectivity index (χ1v) is 8.32. The summed E-state index contributed by atoms with van der Waals surface area (Å²) in [6.07, 6.45) is 6.12. The molecule has 94 valence electrons. The highest BCUT2D eigenvalue weighted by Crippen LogP contribution is 2.49. The summed E-state index contributed by atoms with van der Waals surface area (Å²) < 4.78 is 2.41. The zero-order valence-electron chi connectivity index (χ0n) is 12.3. The highest BCUT2D eigenvalue weighted by atomic mass is 32.3. The topological polar surface area (TPSA) is 3.24 Å². The summed E-state index contributed by atoms with van der Waals surface area (Å²) in [5, 5.41) is 0. The van der Waals surface area contributed by atoms with Crippen LogP contribution in [-0.4, -0.2) is 36.7 Å². The van der Waals surface area contributed by atoms with E-state index in [0.29, 0.717) is 10.8 Å². The molecule has 0 heterocycles.